The van der Waals surface area contributed by atoms with Crippen molar-refractivity contribution in [1.29, 1.82) is 0 Å². The highest BCUT2D eigenvalue weighted by atomic mass is 19.1. The van der Waals surface area contributed by atoms with E-state index in [2.05, 4.69) is 10.3 Å². The molecule has 2 aromatic carbocycles. The molecule has 0 bridgehead atoms. The number of carbonyl (C=O) groups excluding carboxylic acids is 1. The van der Waals surface area contributed by atoms with Crippen molar-refractivity contribution >= 4 is 23.1 Å². The van der Waals surface area contributed by atoms with Crippen LogP contribution >= 0.6 is 0 Å². The summed E-state index contributed by atoms with van der Waals surface area (Å²) in [5.74, 6) is -0.206. The van der Waals surface area contributed by atoms with Crippen molar-refractivity contribution < 1.29 is 13.6 Å². The number of aromatic nitrogens is 1. The normalized spacial score (nSPS) is 12.6. The van der Waals surface area contributed by atoms with Gasteiger partial charge in [0.05, 0.1) is 6.04 Å². The number of nitrogens with zero attached hydrogens (tertiary/aromatic N) is 1. The first-order valence-electron chi connectivity index (χ1n) is 7.21. The fourth-order valence-electron chi connectivity index (χ4n) is 2.20. The molecule has 0 aliphatic heterocycles. The summed E-state index contributed by atoms with van der Waals surface area (Å²) in [4.78, 5) is 16.2. The SMILES string of the molecule is CC(NC(=O)/C=C/c1nc2ccccc2o1)c1ccc(F)cc1. The third kappa shape index (κ3) is 3.63. The molecule has 23 heavy (non-hydrogen) atoms. The molecule has 1 amide bonds. The highest BCUT2D eigenvalue weighted by Crippen LogP contribution is 2.16. The van der Waals surface area contributed by atoms with Crippen LogP contribution in [0.1, 0.15) is 24.4 Å². The summed E-state index contributed by atoms with van der Waals surface area (Å²) in [5, 5.41) is 2.80. The summed E-state index contributed by atoms with van der Waals surface area (Å²) in [7, 11) is 0. The monoisotopic (exact) mass is 310 g/mol. The number of para-hydroxylation sites is 2. The average molecular weight is 310 g/mol. The van der Waals surface area contributed by atoms with Crippen LogP contribution < -0.4 is 5.32 Å². The number of halogens is 1. The Morgan fingerprint density at radius 2 is 1.96 bits per heavy atom. The molecular weight excluding hydrogens is 295 g/mol. The van der Waals surface area contributed by atoms with Gasteiger partial charge in [-0.3, -0.25) is 4.79 Å². The summed E-state index contributed by atoms with van der Waals surface area (Å²) in [5.41, 5.74) is 2.24. The highest BCUT2D eigenvalue weighted by molar-refractivity contribution is 5.91. The van der Waals surface area contributed by atoms with Crippen LogP contribution in [0.2, 0.25) is 0 Å². The molecule has 5 heteroatoms. The Morgan fingerprint density at radius 1 is 1.22 bits per heavy atom. The number of rotatable bonds is 4. The van der Waals surface area contributed by atoms with Crippen molar-refractivity contribution in [3.63, 3.8) is 0 Å². The fourth-order valence-corrected chi connectivity index (χ4v) is 2.20. The fraction of sp³-hybridized carbons (Fsp3) is 0.111. The molecule has 0 spiro atoms. The van der Waals surface area contributed by atoms with Gasteiger partial charge in [-0.2, -0.15) is 0 Å². The summed E-state index contributed by atoms with van der Waals surface area (Å²) in [6.45, 7) is 1.83. The minimum Gasteiger partial charge on any atom is -0.437 e. The lowest BCUT2D eigenvalue weighted by Gasteiger charge is -2.12. The van der Waals surface area contributed by atoms with Crippen LogP contribution in [-0.4, -0.2) is 10.9 Å². The Hall–Kier alpha value is -2.95. The van der Waals surface area contributed by atoms with E-state index in [-0.39, 0.29) is 17.8 Å². The van der Waals surface area contributed by atoms with Crippen LogP contribution in [-0.2, 0) is 4.79 Å². The zero-order chi connectivity index (χ0) is 16.2. The van der Waals surface area contributed by atoms with E-state index in [4.69, 9.17) is 4.42 Å². The van der Waals surface area contributed by atoms with E-state index in [1.165, 1.54) is 24.3 Å². The summed E-state index contributed by atoms with van der Waals surface area (Å²) >= 11 is 0. The first-order chi connectivity index (χ1) is 11.1. The van der Waals surface area contributed by atoms with E-state index in [1.807, 2.05) is 31.2 Å². The molecule has 1 unspecified atom stereocenters. The largest absolute Gasteiger partial charge is 0.437 e. The Morgan fingerprint density at radius 3 is 2.70 bits per heavy atom. The number of oxazole rings is 1. The molecule has 3 rings (SSSR count). The zero-order valence-electron chi connectivity index (χ0n) is 12.5. The zero-order valence-corrected chi connectivity index (χ0v) is 12.5. The maximum Gasteiger partial charge on any atom is 0.244 e. The minimum absolute atomic E-state index is 0.226. The van der Waals surface area contributed by atoms with Gasteiger partial charge in [-0.15, -0.1) is 0 Å². The van der Waals surface area contributed by atoms with Crippen LogP contribution in [0.15, 0.2) is 59.0 Å². The smallest absolute Gasteiger partial charge is 0.244 e. The van der Waals surface area contributed by atoms with E-state index in [9.17, 15) is 9.18 Å². The van der Waals surface area contributed by atoms with Gasteiger partial charge in [-0.05, 0) is 36.8 Å². The Kier molecular flexibility index (Phi) is 4.19. The number of hydrogen-bond acceptors (Lipinski definition) is 3. The van der Waals surface area contributed by atoms with Gasteiger partial charge < -0.3 is 9.73 Å². The quantitative estimate of drug-likeness (QED) is 0.745. The van der Waals surface area contributed by atoms with Gasteiger partial charge in [-0.25, -0.2) is 9.37 Å². The first-order valence-corrected chi connectivity index (χ1v) is 7.21. The third-order valence-electron chi connectivity index (χ3n) is 3.42. The van der Waals surface area contributed by atoms with Crippen LogP contribution in [0.4, 0.5) is 4.39 Å². The van der Waals surface area contributed by atoms with Crippen molar-refractivity contribution in [2.45, 2.75) is 13.0 Å². The predicted octanol–water partition coefficient (Wildman–Crippen LogP) is 3.86. The van der Waals surface area contributed by atoms with E-state index < -0.39 is 0 Å². The maximum atomic E-state index is 12.9. The standard InChI is InChI=1S/C18H15FN2O2/c1-12(13-6-8-14(19)9-7-13)20-17(22)10-11-18-21-15-4-2-3-5-16(15)23-18/h2-12H,1H3,(H,20,22)/b11-10+. The Balaban J connectivity index is 1.65. The summed E-state index contributed by atoms with van der Waals surface area (Å²) in [6.07, 6.45) is 2.89. The molecule has 1 heterocycles. The number of carbonyl (C=O) groups is 1. The molecule has 1 atom stereocenters. The summed E-state index contributed by atoms with van der Waals surface area (Å²) in [6, 6.07) is 13.2. The maximum absolute atomic E-state index is 12.9. The molecule has 0 radical (unpaired) electrons. The van der Waals surface area contributed by atoms with Crippen molar-refractivity contribution in [3.05, 3.63) is 71.9 Å². The van der Waals surface area contributed by atoms with Gasteiger partial charge in [0, 0.05) is 12.2 Å². The van der Waals surface area contributed by atoms with Crippen molar-refractivity contribution in [2.24, 2.45) is 0 Å². The molecule has 0 aliphatic rings. The predicted molar refractivity (Wildman–Crippen MR) is 86.0 cm³/mol. The highest BCUT2D eigenvalue weighted by Gasteiger charge is 2.08. The van der Waals surface area contributed by atoms with Gasteiger partial charge >= 0.3 is 0 Å². The molecule has 0 aliphatic carbocycles. The molecule has 1 N–H and O–H groups in total. The van der Waals surface area contributed by atoms with Gasteiger partial charge in [0.15, 0.2) is 5.58 Å². The lowest BCUT2D eigenvalue weighted by atomic mass is 10.1. The lowest BCUT2D eigenvalue weighted by Crippen LogP contribution is -2.24. The van der Waals surface area contributed by atoms with Gasteiger partial charge in [-0.1, -0.05) is 24.3 Å². The average Bonchev–Trinajstić information content (AvgIpc) is 2.96. The van der Waals surface area contributed by atoms with Crippen LogP contribution in [0.5, 0.6) is 0 Å². The molecule has 0 saturated carbocycles. The van der Waals surface area contributed by atoms with Gasteiger partial charge in [0.25, 0.3) is 0 Å². The first kappa shape index (κ1) is 15.0. The molecular formula is C18H15FN2O2. The van der Waals surface area contributed by atoms with Crippen LogP contribution in [0, 0.1) is 5.82 Å². The van der Waals surface area contributed by atoms with E-state index in [1.54, 1.807) is 12.1 Å². The number of nitrogens with one attached hydrogen (secondary N) is 1. The summed E-state index contributed by atoms with van der Waals surface area (Å²) < 4.78 is 18.4. The molecule has 116 valence electrons. The molecule has 4 nitrogen and oxygen atoms in total. The number of amides is 1. The number of fused-ring (bicyclic) bond motifs is 1. The van der Waals surface area contributed by atoms with Crippen LogP contribution in [0.25, 0.3) is 17.2 Å². The van der Waals surface area contributed by atoms with Crippen LogP contribution in [0.3, 0.4) is 0 Å². The van der Waals surface area contributed by atoms with Crippen molar-refractivity contribution in [2.75, 3.05) is 0 Å². The van der Waals surface area contributed by atoms with Gasteiger partial charge in [0.1, 0.15) is 11.3 Å². The number of hydrogen-bond donors (Lipinski definition) is 1. The second-order valence-electron chi connectivity index (χ2n) is 5.13. The molecule has 0 saturated heterocycles. The topological polar surface area (TPSA) is 55.1 Å². The van der Waals surface area contributed by atoms with E-state index in [0.717, 1.165) is 11.1 Å². The Bertz CT molecular complexity index is 820. The molecule has 1 aromatic heterocycles. The van der Waals surface area contributed by atoms with Gasteiger partial charge in [0.2, 0.25) is 11.8 Å². The second-order valence-corrected chi connectivity index (χ2v) is 5.13. The van der Waals surface area contributed by atoms with E-state index in [0.29, 0.717) is 11.5 Å². The second kappa shape index (κ2) is 6.44. The minimum atomic E-state index is -0.303. The molecule has 3 aromatic rings. The lowest BCUT2D eigenvalue weighted by molar-refractivity contribution is -0.117. The molecule has 0 fully saturated rings. The Labute approximate surface area is 132 Å². The van der Waals surface area contributed by atoms with E-state index >= 15 is 0 Å². The number of benzene rings is 2. The third-order valence-corrected chi connectivity index (χ3v) is 3.42. The van der Waals surface area contributed by atoms with Crippen molar-refractivity contribution in [3.8, 4) is 0 Å². The van der Waals surface area contributed by atoms with Crippen molar-refractivity contribution in [1.82, 2.24) is 10.3 Å².